The Morgan fingerprint density at radius 1 is 1.33 bits per heavy atom. The fraction of sp³-hybridized carbons (Fsp3) is 0.250. The maximum absolute atomic E-state index is 10.5. The summed E-state index contributed by atoms with van der Waals surface area (Å²) in [5, 5.41) is 9.87. The third kappa shape index (κ3) is 1.86. The molecule has 0 fully saturated rings. The van der Waals surface area contributed by atoms with Crippen LogP contribution in [0.4, 0.5) is 0 Å². The van der Waals surface area contributed by atoms with Gasteiger partial charge in [0.1, 0.15) is 6.29 Å². The third-order valence-electron chi connectivity index (χ3n) is 2.60. The van der Waals surface area contributed by atoms with E-state index in [1.807, 2.05) is 25.1 Å². The molecule has 0 N–H and O–H groups in total. The number of fused-ring (bicyclic) bond motifs is 1. The summed E-state index contributed by atoms with van der Waals surface area (Å²) >= 11 is 0. The second-order valence-corrected chi connectivity index (χ2v) is 3.64. The van der Waals surface area contributed by atoms with Gasteiger partial charge in [0, 0.05) is 17.2 Å². The van der Waals surface area contributed by atoms with Crippen molar-refractivity contribution in [1.82, 2.24) is 10.2 Å². The highest BCUT2D eigenvalue weighted by Gasteiger charge is 2.08. The SMILES string of the molecule is CC(CC=O)c1cccc2cnncc12. The molecule has 0 aliphatic rings. The number of aldehydes is 1. The Balaban J connectivity index is 2.55. The largest absolute Gasteiger partial charge is 0.303 e. The van der Waals surface area contributed by atoms with Gasteiger partial charge in [0.05, 0.1) is 12.4 Å². The first kappa shape index (κ1) is 9.77. The van der Waals surface area contributed by atoms with E-state index in [2.05, 4.69) is 10.2 Å². The fourth-order valence-corrected chi connectivity index (χ4v) is 1.75. The lowest BCUT2D eigenvalue weighted by Gasteiger charge is -2.10. The zero-order chi connectivity index (χ0) is 10.7. The molecule has 1 aromatic heterocycles. The first-order valence-corrected chi connectivity index (χ1v) is 4.96. The van der Waals surface area contributed by atoms with Crippen LogP contribution in [0.25, 0.3) is 10.8 Å². The van der Waals surface area contributed by atoms with E-state index in [0.29, 0.717) is 6.42 Å². The number of carbonyl (C=O) groups is 1. The smallest absolute Gasteiger partial charge is 0.120 e. The van der Waals surface area contributed by atoms with E-state index in [-0.39, 0.29) is 5.92 Å². The van der Waals surface area contributed by atoms with Crippen LogP contribution in [-0.2, 0) is 4.79 Å². The van der Waals surface area contributed by atoms with Gasteiger partial charge >= 0.3 is 0 Å². The Kier molecular flexibility index (Phi) is 2.72. The van der Waals surface area contributed by atoms with Crippen LogP contribution in [-0.4, -0.2) is 16.5 Å². The average Bonchev–Trinajstić information content (AvgIpc) is 2.28. The summed E-state index contributed by atoms with van der Waals surface area (Å²) in [5.41, 5.74) is 1.16. The third-order valence-corrected chi connectivity index (χ3v) is 2.60. The van der Waals surface area contributed by atoms with Crippen molar-refractivity contribution in [3.05, 3.63) is 36.2 Å². The van der Waals surface area contributed by atoms with Gasteiger partial charge in [0.25, 0.3) is 0 Å². The monoisotopic (exact) mass is 200 g/mol. The van der Waals surface area contributed by atoms with Crippen molar-refractivity contribution in [2.75, 3.05) is 0 Å². The average molecular weight is 200 g/mol. The highest BCUT2D eigenvalue weighted by molar-refractivity contribution is 5.84. The van der Waals surface area contributed by atoms with Gasteiger partial charge in [-0.2, -0.15) is 10.2 Å². The summed E-state index contributed by atoms with van der Waals surface area (Å²) in [4.78, 5) is 10.5. The van der Waals surface area contributed by atoms with Crippen LogP contribution >= 0.6 is 0 Å². The normalized spacial score (nSPS) is 12.6. The van der Waals surface area contributed by atoms with Crippen molar-refractivity contribution in [3.63, 3.8) is 0 Å². The van der Waals surface area contributed by atoms with Crippen LogP contribution in [0.5, 0.6) is 0 Å². The van der Waals surface area contributed by atoms with E-state index in [1.165, 1.54) is 0 Å². The molecule has 0 saturated carbocycles. The van der Waals surface area contributed by atoms with Gasteiger partial charge in [-0.05, 0) is 11.5 Å². The minimum absolute atomic E-state index is 0.232. The molecule has 0 aliphatic carbocycles. The lowest BCUT2D eigenvalue weighted by Crippen LogP contribution is -1.96. The van der Waals surface area contributed by atoms with Gasteiger partial charge in [-0.1, -0.05) is 25.1 Å². The van der Waals surface area contributed by atoms with Crippen molar-refractivity contribution >= 4 is 17.1 Å². The molecule has 0 amide bonds. The molecule has 15 heavy (non-hydrogen) atoms. The van der Waals surface area contributed by atoms with Crippen molar-refractivity contribution in [3.8, 4) is 0 Å². The number of rotatable bonds is 3. The molecule has 1 atom stereocenters. The first-order valence-electron chi connectivity index (χ1n) is 4.96. The molecule has 0 saturated heterocycles. The predicted molar refractivity (Wildman–Crippen MR) is 58.6 cm³/mol. The van der Waals surface area contributed by atoms with Gasteiger partial charge in [-0.3, -0.25) is 0 Å². The molecule has 0 radical (unpaired) electrons. The number of aromatic nitrogens is 2. The summed E-state index contributed by atoms with van der Waals surface area (Å²) in [5.74, 6) is 0.232. The van der Waals surface area contributed by atoms with Crippen molar-refractivity contribution in [2.45, 2.75) is 19.3 Å². The minimum Gasteiger partial charge on any atom is -0.303 e. The molecule has 0 aliphatic heterocycles. The standard InChI is InChI=1S/C12H12N2O/c1-9(5-6-15)11-4-2-3-10-7-13-14-8-12(10)11/h2-4,6-9H,5H2,1H3. The number of hydrogen-bond donors (Lipinski definition) is 0. The highest BCUT2D eigenvalue weighted by atomic mass is 16.1. The first-order chi connectivity index (χ1) is 7.33. The number of carbonyl (C=O) groups excluding carboxylic acids is 1. The Morgan fingerprint density at radius 2 is 2.13 bits per heavy atom. The van der Waals surface area contributed by atoms with E-state index in [4.69, 9.17) is 0 Å². The zero-order valence-electron chi connectivity index (χ0n) is 8.55. The molecule has 2 aromatic rings. The summed E-state index contributed by atoms with van der Waals surface area (Å²) in [6.07, 6.45) is 5.00. The van der Waals surface area contributed by atoms with Gasteiger partial charge < -0.3 is 4.79 Å². The topological polar surface area (TPSA) is 42.9 Å². The van der Waals surface area contributed by atoms with E-state index in [0.717, 1.165) is 22.6 Å². The highest BCUT2D eigenvalue weighted by Crippen LogP contribution is 2.25. The van der Waals surface area contributed by atoms with Crippen LogP contribution in [0.2, 0.25) is 0 Å². The summed E-state index contributed by atoms with van der Waals surface area (Å²) < 4.78 is 0. The number of hydrogen-bond acceptors (Lipinski definition) is 3. The molecular weight excluding hydrogens is 188 g/mol. The molecule has 0 spiro atoms. The van der Waals surface area contributed by atoms with Gasteiger partial charge in [0.15, 0.2) is 0 Å². The molecule has 76 valence electrons. The molecule has 3 heteroatoms. The molecule has 3 nitrogen and oxygen atoms in total. The summed E-state index contributed by atoms with van der Waals surface area (Å²) in [6, 6.07) is 6.03. The van der Waals surface area contributed by atoms with Gasteiger partial charge in [-0.15, -0.1) is 0 Å². The van der Waals surface area contributed by atoms with E-state index >= 15 is 0 Å². The summed E-state index contributed by atoms with van der Waals surface area (Å²) in [6.45, 7) is 2.05. The Hall–Kier alpha value is -1.77. The zero-order valence-corrected chi connectivity index (χ0v) is 8.55. The lowest BCUT2D eigenvalue weighted by molar-refractivity contribution is -0.108. The van der Waals surface area contributed by atoms with E-state index in [1.54, 1.807) is 12.4 Å². The second kappa shape index (κ2) is 4.17. The maximum atomic E-state index is 10.5. The van der Waals surface area contributed by atoms with Gasteiger partial charge in [0.2, 0.25) is 0 Å². The van der Waals surface area contributed by atoms with Crippen LogP contribution in [0.1, 0.15) is 24.8 Å². The van der Waals surface area contributed by atoms with E-state index < -0.39 is 0 Å². The fourth-order valence-electron chi connectivity index (χ4n) is 1.75. The summed E-state index contributed by atoms with van der Waals surface area (Å²) in [7, 11) is 0. The molecule has 1 aromatic carbocycles. The van der Waals surface area contributed by atoms with Crippen LogP contribution in [0.3, 0.4) is 0 Å². The minimum atomic E-state index is 0.232. The molecule has 2 rings (SSSR count). The Morgan fingerprint density at radius 3 is 2.93 bits per heavy atom. The van der Waals surface area contributed by atoms with Crippen LogP contribution in [0, 0.1) is 0 Å². The Labute approximate surface area is 88.1 Å². The van der Waals surface area contributed by atoms with Crippen molar-refractivity contribution in [2.24, 2.45) is 0 Å². The molecule has 0 bridgehead atoms. The molecule has 1 heterocycles. The predicted octanol–water partition coefficient (Wildman–Crippen LogP) is 2.32. The van der Waals surface area contributed by atoms with Crippen LogP contribution in [0.15, 0.2) is 30.6 Å². The molecule has 1 unspecified atom stereocenters. The van der Waals surface area contributed by atoms with E-state index in [9.17, 15) is 4.79 Å². The van der Waals surface area contributed by atoms with Crippen molar-refractivity contribution in [1.29, 1.82) is 0 Å². The van der Waals surface area contributed by atoms with Gasteiger partial charge in [-0.25, -0.2) is 0 Å². The quantitative estimate of drug-likeness (QED) is 0.714. The number of benzene rings is 1. The number of nitrogens with zero attached hydrogens (tertiary/aromatic N) is 2. The second-order valence-electron chi connectivity index (χ2n) is 3.64. The Bertz CT molecular complexity index is 477. The lowest BCUT2D eigenvalue weighted by atomic mass is 9.94. The maximum Gasteiger partial charge on any atom is 0.120 e. The van der Waals surface area contributed by atoms with Crippen molar-refractivity contribution < 1.29 is 4.79 Å². The molecular formula is C12H12N2O. The van der Waals surface area contributed by atoms with Crippen LogP contribution < -0.4 is 0 Å².